The monoisotopic (exact) mass is 411 g/mol. The lowest BCUT2D eigenvalue weighted by molar-refractivity contribution is -0.384. The molecule has 1 aromatic heterocycles. The molecule has 0 N–H and O–H groups in total. The standard InChI is InChI=1S/C21H21N3O6/c1-12-9-13(2)19(14(3)10-12)28-11-18(25)29-15(4)20-22-23-21(30-20)16-5-7-17(8-6-16)24(26)27/h5-10,15H,11H2,1-4H3/t15-/m1/s1. The van der Waals surface area contributed by atoms with E-state index in [4.69, 9.17) is 13.9 Å². The lowest BCUT2D eigenvalue weighted by Crippen LogP contribution is -2.17. The Hall–Kier alpha value is -3.75. The molecule has 0 unspecified atom stereocenters. The number of ether oxygens (including phenoxy) is 2. The molecular formula is C21H21N3O6. The van der Waals surface area contributed by atoms with Crippen molar-refractivity contribution in [2.75, 3.05) is 6.61 Å². The Morgan fingerprint density at radius 2 is 1.77 bits per heavy atom. The van der Waals surface area contributed by atoms with Gasteiger partial charge in [-0.15, -0.1) is 10.2 Å². The van der Waals surface area contributed by atoms with Gasteiger partial charge in [-0.3, -0.25) is 10.1 Å². The van der Waals surface area contributed by atoms with Crippen molar-refractivity contribution in [2.45, 2.75) is 33.8 Å². The summed E-state index contributed by atoms with van der Waals surface area (Å²) in [7, 11) is 0. The number of aromatic nitrogens is 2. The van der Waals surface area contributed by atoms with Crippen molar-refractivity contribution < 1.29 is 23.6 Å². The van der Waals surface area contributed by atoms with Crippen LogP contribution in [0, 0.1) is 30.9 Å². The molecule has 0 aliphatic heterocycles. The second-order valence-corrected chi connectivity index (χ2v) is 6.90. The minimum Gasteiger partial charge on any atom is -0.481 e. The highest BCUT2D eigenvalue weighted by Crippen LogP contribution is 2.26. The van der Waals surface area contributed by atoms with Crippen LogP contribution in [0.3, 0.4) is 0 Å². The zero-order valence-electron chi connectivity index (χ0n) is 17.0. The van der Waals surface area contributed by atoms with Crippen LogP contribution in [-0.2, 0) is 9.53 Å². The number of hydrogen-bond acceptors (Lipinski definition) is 8. The van der Waals surface area contributed by atoms with Gasteiger partial charge in [0.15, 0.2) is 12.7 Å². The van der Waals surface area contributed by atoms with E-state index in [9.17, 15) is 14.9 Å². The van der Waals surface area contributed by atoms with Crippen molar-refractivity contribution in [1.29, 1.82) is 0 Å². The third-order valence-electron chi connectivity index (χ3n) is 4.36. The smallest absolute Gasteiger partial charge is 0.344 e. The molecule has 1 atom stereocenters. The lowest BCUT2D eigenvalue weighted by Gasteiger charge is -2.14. The Labute approximate surface area is 172 Å². The summed E-state index contributed by atoms with van der Waals surface area (Å²) in [5.41, 5.74) is 3.48. The molecular weight excluding hydrogens is 390 g/mol. The molecule has 0 aliphatic rings. The van der Waals surface area contributed by atoms with Crippen LogP contribution in [-0.4, -0.2) is 27.7 Å². The van der Waals surface area contributed by atoms with Crippen molar-refractivity contribution >= 4 is 11.7 Å². The van der Waals surface area contributed by atoms with E-state index in [1.807, 2.05) is 32.9 Å². The van der Waals surface area contributed by atoms with E-state index in [-0.39, 0.29) is 24.1 Å². The molecule has 0 radical (unpaired) electrons. The highest BCUT2D eigenvalue weighted by Gasteiger charge is 2.20. The summed E-state index contributed by atoms with van der Waals surface area (Å²) >= 11 is 0. The maximum atomic E-state index is 12.2. The maximum Gasteiger partial charge on any atom is 0.344 e. The highest BCUT2D eigenvalue weighted by molar-refractivity contribution is 5.71. The van der Waals surface area contributed by atoms with E-state index in [0.717, 1.165) is 16.7 Å². The van der Waals surface area contributed by atoms with Crippen LogP contribution in [0.5, 0.6) is 5.75 Å². The summed E-state index contributed by atoms with van der Waals surface area (Å²) in [5.74, 6) is 0.366. The van der Waals surface area contributed by atoms with Gasteiger partial charge in [0.05, 0.1) is 4.92 Å². The first-order valence-electron chi connectivity index (χ1n) is 9.23. The molecule has 0 spiro atoms. The van der Waals surface area contributed by atoms with Gasteiger partial charge in [-0.1, -0.05) is 17.7 Å². The Morgan fingerprint density at radius 1 is 1.13 bits per heavy atom. The zero-order chi connectivity index (χ0) is 21.8. The molecule has 30 heavy (non-hydrogen) atoms. The fraction of sp³-hybridized carbons (Fsp3) is 0.286. The average Bonchev–Trinajstić information content (AvgIpc) is 3.17. The largest absolute Gasteiger partial charge is 0.481 e. The van der Waals surface area contributed by atoms with Gasteiger partial charge in [0, 0.05) is 17.7 Å². The number of carbonyl (C=O) groups is 1. The topological polar surface area (TPSA) is 118 Å². The first-order chi connectivity index (χ1) is 14.2. The van der Waals surface area contributed by atoms with Crippen LogP contribution >= 0.6 is 0 Å². The number of nitro groups is 1. The number of benzene rings is 2. The summed E-state index contributed by atoms with van der Waals surface area (Å²) in [4.78, 5) is 22.4. The molecule has 1 heterocycles. The molecule has 2 aromatic carbocycles. The molecule has 156 valence electrons. The van der Waals surface area contributed by atoms with Gasteiger partial charge >= 0.3 is 5.97 Å². The molecule has 0 saturated carbocycles. The average molecular weight is 411 g/mol. The number of hydrogen-bond donors (Lipinski definition) is 0. The molecule has 9 nitrogen and oxygen atoms in total. The molecule has 3 aromatic rings. The van der Waals surface area contributed by atoms with Gasteiger partial charge in [-0.2, -0.15) is 0 Å². The maximum absolute atomic E-state index is 12.2. The Morgan fingerprint density at radius 3 is 2.37 bits per heavy atom. The number of aryl methyl sites for hydroxylation is 3. The SMILES string of the molecule is Cc1cc(C)c(OCC(=O)O[C@H](C)c2nnc(-c3ccc([N+](=O)[O-])cc3)o2)c(C)c1. The number of nitrogens with zero attached hydrogens (tertiary/aromatic N) is 3. The van der Waals surface area contributed by atoms with Crippen LogP contribution in [0.1, 0.15) is 35.6 Å². The molecule has 3 rings (SSSR count). The zero-order valence-corrected chi connectivity index (χ0v) is 17.0. The summed E-state index contributed by atoms with van der Waals surface area (Å²) in [6.07, 6.45) is -0.777. The van der Waals surface area contributed by atoms with E-state index >= 15 is 0 Å². The minimum absolute atomic E-state index is 0.0418. The summed E-state index contributed by atoms with van der Waals surface area (Å²) in [6, 6.07) is 9.66. The molecule has 0 fully saturated rings. The van der Waals surface area contributed by atoms with E-state index in [0.29, 0.717) is 11.3 Å². The van der Waals surface area contributed by atoms with Crippen LogP contribution in [0.4, 0.5) is 5.69 Å². The van der Waals surface area contributed by atoms with Crippen LogP contribution in [0.2, 0.25) is 0 Å². The fourth-order valence-electron chi connectivity index (χ4n) is 3.05. The fourth-order valence-corrected chi connectivity index (χ4v) is 3.05. The van der Waals surface area contributed by atoms with Crippen molar-refractivity contribution in [3.8, 4) is 17.2 Å². The molecule has 9 heteroatoms. The van der Waals surface area contributed by atoms with Crippen LogP contribution in [0.25, 0.3) is 11.5 Å². The molecule has 0 saturated heterocycles. The quantitative estimate of drug-likeness (QED) is 0.322. The Balaban J connectivity index is 1.60. The van der Waals surface area contributed by atoms with Gasteiger partial charge < -0.3 is 13.9 Å². The van der Waals surface area contributed by atoms with Gasteiger partial charge in [-0.05, 0) is 51.0 Å². The lowest BCUT2D eigenvalue weighted by atomic mass is 10.1. The van der Waals surface area contributed by atoms with Gasteiger partial charge in [0.2, 0.25) is 5.89 Å². The molecule has 0 aliphatic carbocycles. The Kier molecular flexibility index (Phi) is 6.10. The predicted molar refractivity (Wildman–Crippen MR) is 107 cm³/mol. The third-order valence-corrected chi connectivity index (χ3v) is 4.36. The summed E-state index contributed by atoms with van der Waals surface area (Å²) in [6.45, 7) is 7.18. The van der Waals surface area contributed by atoms with E-state index < -0.39 is 17.0 Å². The number of esters is 1. The Bertz CT molecular complexity index is 1050. The second-order valence-electron chi connectivity index (χ2n) is 6.90. The summed E-state index contributed by atoms with van der Waals surface area (Å²) in [5, 5.41) is 18.5. The van der Waals surface area contributed by atoms with E-state index in [2.05, 4.69) is 10.2 Å². The number of non-ortho nitro benzene ring substituents is 1. The van der Waals surface area contributed by atoms with Gasteiger partial charge in [0.25, 0.3) is 11.6 Å². The van der Waals surface area contributed by atoms with E-state index in [1.54, 1.807) is 6.92 Å². The highest BCUT2D eigenvalue weighted by atomic mass is 16.6. The predicted octanol–water partition coefficient (Wildman–Crippen LogP) is 4.25. The molecule has 0 amide bonds. The first-order valence-corrected chi connectivity index (χ1v) is 9.23. The number of nitro benzene ring substituents is 1. The van der Waals surface area contributed by atoms with Crippen LogP contribution < -0.4 is 4.74 Å². The van der Waals surface area contributed by atoms with Gasteiger partial charge in [-0.25, -0.2) is 4.79 Å². The van der Waals surface area contributed by atoms with Crippen molar-refractivity contribution in [2.24, 2.45) is 0 Å². The minimum atomic E-state index is -0.777. The van der Waals surface area contributed by atoms with Crippen molar-refractivity contribution in [1.82, 2.24) is 10.2 Å². The second kappa shape index (κ2) is 8.73. The summed E-state index contributed by atoms with van der Waals surface area (Å²) < 4.78 is 16.5. The first kappa shape index (κ1) is 21.0. The van der Waals surface area contributed by atoms with Crippen molar-refractivity contribution in [3.05, 3.63) is 69.1 Å². The normalized spacial score (nSPS) is 11.7. The number of rotatable bonds is 7. The molecule has 0 bridgehead atoms. The third kappa shape index (κ3) is 4.80. The number of carbonyl (C=O) groups excluding carboxylic acids is 1. The van der Waals surface area contributed by atoms with E-state index in [1.165, 1.54) is 24.3 Å². The van der Waals surface area contributed by atoms with Crippen LogP contribution in [0.15, 0.2) is 40.8 Å². The van der Waals surface area contributed by atoms with Gasteiger partial charge in [0.1, 0.15) is 5.75 Å². The van der Waals surface area contributed by atoms with Crippen molar-refractivity contribution in [3.63, 3.8) is 0 Å².